The largest absolute Gasteiger partial charge is 0.452 e. The Hall–Kier alpha value is -3.22. The van der Waals surface area contributed by atoms with Crippen molar-refractivity contribution in [1.82, 2.24) is 4.90 Å². The van der Waals surface area contributed by atoms with E-state index in [0.717, 1.165) is 5.56 Å². The van der Waals surface area contributed by atoms with Gasteiger partial charge in [-0.15, -0.1) is 0 Å². The predicted molar refractivity (Wildman–Crippen MR) is 110 cm³/mol. The number of hydrogen-bond acceptors (Lipinski definition) is 4. The third-order valence-corrected chi connectivity index (χ3v) is 5.34. The monoisotopic (exact) mass is 412 g/mol. The van der Waals surface area contributed by atoms with E-state index in [-0.39, 0.29) is 30.6 Å². The molecule has 6 nitrogen and oxygen atoms in total. The van der Waals surface area contributed by atoms with E-state index in [2.05, 4.69) is 5.32 Å². The van der Waals surface area contributed by atoms with E-state index in [1.807, 2.05) is 37.3 Å². The van der Waals surface area contributed by atoms with Gasteiger partial charge in [-0.3, -0.25) is 14.4 Å². The number of carbonyl (C=O) groups excluding carboxylic acids is 3. The van der Waals surface area contributed by atoms with Gasteiger partial charge in [0.2, 0.25) is 5.91 Å². The second-order valence-electron chi connectivity index (χ2n) is 7.57. The van der Waals surface area contributed by atoms with Gasteiger partial charge in [-0.2, -0.15) is 0 Å². The Morgan fingerprint density at radius 1 is 1.17 bits per heavy atom. The normalized spacial score (nSPS) is 18.1. The van der Waals surface area contributed by atoms with Gasteiger partial charge in [0, 0.05) is 18.7 Å². The molecule has 0 unspecified atom stereocenters. The zero-order chi connectivity index (χ0) is 21.8. The second-order valence-corrected chi connectivity index (χ2v) is 7.57. The molecule has 2 amide bonds. The molecule has 1 saturated heterocycles. The molecule has 3 atom stereocenters. The van der Waals surface area contributed by atoms with Crippen molar-refractivity contribution >= 4 is 23.5 Å². The van der Waals surface area contributed by atoms with E-state index in [4.69, 9.17) is 4.74 Å². The van der Waals surface area contributed by atoms with Gasteiger partial charge in [0.15, 0.2) is 6.10 Å². The fourth-order valence-electron chi connectivity index (χ4n) is 3.41. The smallest absolute Gasteiger partial charge is 0.312 e. The van der Waals surface area contributed by atoms with Gasteiger partial charge in [-0.25, -0.2) is 4.39 Å². The van der Waals surface area contributed by atoms with Crippen LogP contribution in [-0.2, 0) is 19.1 Å². The minimum atomic E-state index is -1.07. The van der Waals surface area contributed by atoms with Crippen LogP contribution in [0.5, 0.6) is 0 Å². The van der Waals surface area contributed by atoms with Gasteiger partial charge >= 0.3 is 5.97 Å². The number of ether oxygens (including phenoxy) is 1. The van der Waals surface area contributed by atoms with Crippen LogP contribution in [0.25, 0.3) is 0 Å². The molecule has 30 heavy (non-hydrogen) atoms. The van der Waals surface area contributed by atoms with Crippen LogP contribution < -0.4 is 5.32 Å². The lowest BCUT2D eigenvalue weighted by atomic mass is 10.1. The summed E-state index contributed by atoms with van der Waals surface area (Å²) in [5.41, 5.74) is 1.73. The van der Waals surface area contributed by atoms with Gasteiger partial charge in [0.05, 0.1) is 12.0 Å². The molecule has 1 heterocycles. The van der Waals surface area contributed by atoms with Gasteiger partial charge in [0.1, 0.15) is 5.82 Å². The number of halogens is 1. The fraction of sp³-hybridized carbons (Fsp3) is 0.348. The Morgan fingerprint density at radius 2 is 1.87 bits per heavy atom. The Labute approximate surface area is 175 Å². The lowest BCUT2D eigenvalue weighted by Crippen LogP contribution is -2.33. The minimum Gasteiger partial charge on any atom is -0.452 e. The van der Waals surface area contributed by atoms with Gasteiger partial charge < -0.3 is 15.0 Å². The number of rotatable bonds is 6. The molecular weight excluding hydrogens is 387 g/mol. The highest BCUT2D eigenvalue weighted by Crippen LogP contribution is 2.29. The summed E-state index contributed by atoms with van der Waals surface area (Å²) < 4.78 is 18.9. The molecule has 7 heteroatoms. The van der Waals surface area contributed by atoms with Crippen LogP contribution in [0.15, 0.2) is 48.5 Å². The van der Waals surface area contributed by atoms with Gasteiger partial charge in [-0.1, -0.05) is 36.4 Å². The van der Waals surface area contributed by atoms with Crippen LogP contribution in [0.1, 0.15) is 37.4 Å². The molecule has 158 valence electrons. The lowest BCUT2D eigenvalue weighted by Gasteiger charge is -2.25. The first-order chi connectivity index (χ1) is 14.3. The number of nitrogens with zero attached hydrogens (tertiary/aromatic N) is 1. The summed E-state index contributed by atoms with van der Waals surface area (Å²) in [4.78, 5) is 38.9. The highest BCUT2D eigenvalue weighted by molar-refractivity contribution is 5.95. The maximum Gasteiger partial charge on any atom is 0.312 e. The number of anilines is 1. The molecule has 2 aromatic carbocycles. The molecule has 0 radical (unpaired) electrons. The Balaban J connectivity index is 1.56. The average molecular weight is 412 g/mol. The first kappa shape index (κ1) is 21.5. The van der Waals surface area contributed by atoms with Crippen molar-refractivity contribution in [1.29, 1.82) is 0 Å². The van der Waals surface area contributed by atoms with Crippen LogP contribution in [0.4, 0.5) is 10.1 Å². The Morgan fingerprint density at radius 3 is 2.53 bits per heavy atom. The molecule has 1 aliphatic heterocycles. The van der Waals surface area contributed by atoms with Gasteiger partial charge in [-0.05, 0) is 44.0 Å². The van der Waals surface area contributed by atoms with Crippen LogP contribution in [0.3, 0.4) is 0 Å². The molecule has 0 saturated carbocycles. The van der Waals surface area contributed by atoms with Crippen molar-refractivity contribution in [3.8, 4) is 0 Å². The average Bonchev–Trinajstić information content (AvgIpc) is 3.12. The number of esters is 1. The van der Waals surface area contributed by atoms with Crippen LogP contribution in [-0.4, -0.2) is 35.3 Å². The van der Waals surface area contributed by atoms with Crippen LogP contribution in [0.2, 0.25) is 0 Å². The van der Waals surface area contributed by atoms with E-state index in [1.54, 1.807) is 24.0 Å². The zero-order valence-electron chi connectivity index (χ0n) is 17.2. The zero-order valence-corrected chi connectivity index (χ0v) is 17.2. The van der Waals surface area contributed by atoms with E-state index >= 15 is 0 Å². The maximum atomic E-state index is 13.6. The third-order valence-electron chi connectivity index (χ3n) is 5.34. The molecule has 2 aromatic rings. The molecule has 1 N–H and O–H groups in total. The van der Waals surface area contributed by atoms with Crippen molar-refractivity contribution in [2.75, 3.05) is 11.9 Å². The second kappa shape index (κ2) is 9.07. The van der Waals surface area contributed by atoms with Crippen LogP contribution in [0, 0.1) is 18.7 Å². The Bertz CT molecular complexity index is 947. The molecule has 0 aromatic heterocycles. The van der Waals surface area contributed by atoms with Gasteiger partial charge in [0.25, 0.3) is 5.91 Å². The molecule has 0 bridgehead atoms. The Kier molecular flexibility index (Phi) is 6.50. The van der Waals surface area contributed by atoms with Crippen molar-refractivity contribution in [2.45, 2.75) is 39.3 Å². The van der Waals surface area contributed by atoms with E-state index < -0.39 is 29.7 Å². The van der Waals surface area contributed by atoms with E-state index in [9.17, 15) is 18.8 Å². The molecule has 1 fully saturated rings. The number of likely N-dealkylation sites (tertiary alicyclic amines) is 1. The van der Waals surface area contributed by atoms with Crippen LogP contribution >= 0.6 is 0 Å². The van der Waals surface area contributed by atoms with Crippen molar-refractivity contribution < 1.29 is 23.5 Å². The summed E-state index contributed by atoms with van der Waals surface area (Å²) in [5, 5.41) is 2.53. The maximum absolute atomic E-state index is 13.6. The number of hydrogen-bond donors (Lipinski definition) is 1. The number of amides is 2. The number of benzene rings is 2. The van der Waals surface area contributed by atoms with Crippen molar-refractivity contribution in [3.63, 3.8) is 0 Å². The van der Waals surface area contributed by atoms with Crippen molar-refractivity contribution in [2.24, 2.45) is 5.92 Å². The summed E-state index contributed by atoms with van der Waals surface area (Å²) in [6.07, 6.45) is -1.02. The first-order valence-corrected chi connectivity index (χ1v) is 9.88. The predicted octanol–water partition coefficient (Wildman–Crippen LogP) is 3.61. The summed E-state index contributed by atoms with van der Waals surface area (Å²) in [7, 11) is 0. The van der Waals surface area contributed by atoms with E-state index in [0.29, 0.717) is 5.56 Å². The quantitative estimate of drug-likeness (QED) is 0.736. The molecular formula is C23H25FN2O4. The summed E-state index contributed by atoms with van der Waals surface area (Å²) in [6.45, 7) is 5.22. The SMILES string of the molecule is Cc1ccc(NC(=O)[C@@H](C)OC(=O)[C@@H]2CC(=O)N([C@@H](C)c3ccccc3)C2)cc1F. The molecule has 3 rings (SSSR count). The standard InChI is InChI=1S/C23H25FN2O4/c1-14-9-10-19(12-20(14)24)25-22(28)16(3)30-23(29)18-11-21(27)26(13-18)15(2)17-7-5-4-6-8-17/h4-10,12,15-16,18H,11,13H2,1-3H3,(H,25,28)/t15-,16+,18+/m0/s1. The number of aryl methyl sites for hydroxylation is 1. The molecule has 1 aliphatic rings. The summed E-state index contributed by atoms with van der Waals surface area (Å²) in [6, 6.07) is 13.7. The highest BCUT2D eigenvalue weighted by atomic mass is 19.1. The number of nitrogens with one attached hydrogen (secondary N) is 1. The van der Waals surface area contributed by atoms with Crippen molar-refractivity contribution in [3.05, 3.63) is 65.5 Å². The highest BCUT2D eigenvalue weighted by Gasteiger charge is 2.38. The first-order valence-electron chi connectivity index (χ1n) is 9.88. The summed E-state index contributed by atoms with van der Waals surface area (Å²) in [5.74, 6) is -2.35. The lowest BCUT2D eigenvalue weighted by molar-refractivity contribution is -0.157. The molecule has 0 aliphatic carbocycles. The topological polar surface area (TPSA) is 75.7 Å². The number of carbonyl (C=O) groups is 3. The summed E-state index contributed by atoms with van der Waals surface area (Å²) >= 11 is 0. The third kappa shape index (κ3) is 4.84. The van der Waals surface area contributed by atoms with E-state index in [1.165, 1.54) is 13.0 Å². The molecule has 0 spiro atoms. The fourth-order valence-corrected chi connectivity index (χ4v) is 3.41. The minimum absolute atomic E-state index is 0.0491.